The Hall–Kier alpha value is -3.24. The smallest absolute Gasteiger partial charge is 0.270 e. The number of carbonyl (C=O) groups excluding carboxylic acids is 2. The second-order valence-corrected chi connectivity index (χ2v) is 20.5. The number of benzene rings is 1. The van der Waals surface area contributed by atoms with Gasteiger partial charge in [-0.3, -0.25) is 14.3 Å². The number of hydrogen-bond donors (Lipinski definition) is 2. The topological polar surface area (TPSA) is 103 Å². The van der Waals surface area contributed by atoms with Gasteiger partial charge in [-0.15, -0.1) is 0 Å². The van der Waals surface area contributed by atoms with E-state index < -0.39 is 14.1 Å². The molecule has 2 amide bonds. The molecule has 2 N–H and O–H groups in total. The van der Waals surface area contributed by atoms with Gasteiger partial charge in [0, 0.05) is 38.2 Å². The first-order valence-electron chi connectivity index (χ1n) is 16.7. The van der Waals surface area contributed by atoms with E-state index in [-0.39, 0.29) is 29.7 Å². The van der Waals surface area contributed by atoms with Crippen LogP contribution in [0.25, 0.3) is 11.1 Å². The molecule has 0 radical (unpaired) electrons. The van der Waals surface area contributed by atoms with Crippen LogP contribution in [0.4, 0.5) is 5.69 Å². The van der Waals surface area contributed by atoms with E-state index in [1.165, 1.54) is 0 Å². The van der Waals surface area contributed by atoms with E-state index in [4.69, 9.17) is 9.84 Å². The molecule has 45 heavy (non-hydrogen) atoms. The van der Waals surface area contributed by atoms with Gasteiger partial charge in [-0.1, -0.05) is 45.6 Å². The van der Waals surface area contributed by atoms with E-state index in [0.717, 1.165) is 60.8 Å². The van der Waals surface area contributed by atoms with Crippen LogP contribution in [0.1, 0.15) is 87.2 Å². The monoisotopic (exact) mass is 632 g/mol. The highest BCUT2D eigenvalue weighted by molar-refractivity contribution is 6.76. The number of rotatable bonds is 15. The van der Waals surface area contributed by atoms with Crippen LogP contribution in [0.15, 0.2) is 36.5 Å². The van der Waals surface area contributed by atoms with Gasteiger partial charge in [0.2, 0.25) is 5.91 Å². The molecule has 2 heterocycles. The largest absolute Gasteiger partial charge is 0.360 e. The third kappa shape index (κ3) is 8.13. The Morgan fingerprint density at radius 3 is 2.20 bits per heavy atom. The summed E-state index contributed by atoms with van der Waals surface area (Å²) in [6, 6.07) is 10.3. The SMILES string of the molecule is Cc1nn(COCC[Si](C)(C)C)c(C(C)C)c1-c1ccc(NC(=O)C(NC(=O)c2ccnn2C(C)C)C(C2CC2)C2CC2)cc1. The molecule has 3 aromatic rings. The van der Waals surface area contributed by atoms with Crippen molar-refractivity contribution >= 4 is 25.6 Å². The number of hydrogen-bond acceptors (Lipinski definition) is 5. The lowest BCUT2D eigenvalue weighted by Gasteiger charge is -2.28. The molecular formula is C35H52N6O3Si. The first-order chi connectivity index (χ1) is 21.3. The van der Waals surface area contributed by atoms with Crippen molar-refractivity contribution in [3.63, 3.8) is 0 Å². The number of anilines is 1. The van der Waals surface area contributed by atoms with Crippen molar-refractivity contribution in [1.29, 1.82) is 0 Å². The maximum Gasteiger partial charge on any atom is 0.270 e. The number of aryl methyl sites for hydroxylation is 1. The third-order valence-electron chi connectivity index (χ3n) is 9.04. The molecule has 0 bridgehead atoms. The average molecular weight is 633 g/mol. The number of nitrogens with zero attached hydrogens (tertiary/aromatic N) is 4. The van der Waals surface area contributed by atoms with E-state index in [9.17, 15) is 9.59 Å². The van der Waals surface area contributed by atoms with Crippen molar-refractivity contribution in [3.05, 3.63) is 53.6 Å². The summed E-state index contributed by atoms with van der Waals surface area (Å²) in [4.78, 5) is 27.4. The Balaban J connectivity index is 1.32. The van der Waals surface area contributed by atoms with Crippen LogP contribution in [-0.2, 0) is 16.3 Å². The van der Waals surface area contributed by atoms with Crippen LogP contribution in [0.5, 0.6) is 0 Å². The number of aromatic nitrogens is 4. The zero-order valence-electron chi connectivity index (χ0n) is 28.4. The van der Waals surface area contributed by atoms with Gasteiger partial charge in [0.1, 0.15) is 18.5 Å². The van der Waals surface area contributed by atoms with Crippen LogP contribution >= 0.6 is 0 Å². The molecule has 0 spiro atoms. The normalized spacial score (nSPS) is 16.1. The second kappa shape index (κ2) is 13.6. The molecule has 0 saturated heterocycles. The summed E-state index contributed by atoms with van der Waals surface area (Å²) in [6.45, 7) is 18.7. The predicted octanol–water partition coefficient (Wildman–Crippen LogP) is 7.24. The molecule has 2 aliphatic carbocycles. The number of nitrogens with one attached hydrogen (secondary N) is 2. The minimum atomic E-state index is -1.16. The van der Waals surface area contributed by atoms with Gasteiger partial charge in [-0.2, -0.15) is 10.2 Å². The molecule has 2 saturated carbocycles. The van der Waals surface area contributed by atoms with Crippen molar-refractivity contribution in [2.45, 2.75) is 111 Å². The van der Waals surface area contributed by atoms with Gasteiger partial charge in [0.25, 0.3) is 5.91 Å². The number of ether oxygens (including phenoxy) is 1. The first-order valence-corrected chi connectivity index (χ1v) is 20.5. The molecule has 2 aromatic heterocycles. The Morgan fingerprint density at radius 1 is 1.00 bits per heavy atom. The van der Waals surface area contributed by atoms with Crippen LogP contribution in [0, 0.1) is 24.7 Å². The van der Waals surface area contributed by atoms with Gasteiger partial charge in [0.15, 0.2) is 0 Å². The maximum atomic E-state index is 13.9. The van der Waals surface area contributed by atoms with E-state index >= 15 is 0 Å². The second-order valence-electron chi connectivity index (χ2n) is 14.9. The summed E-state index contributed by atoms with van der Waals surface area (Å²) in [5.74, 6) is 0.982. The molecule has 2 aliphatic rings. The lowest BCUT2D eigenvalue weighted by atomic mass is 9.88. The lowest BCUT2D eigenvalue weighted by molar-refractivity contribution is -0.119. The zero-order valence-corrected chi connectivity index (χ0v) is 29.4. The zero-order chi connectivity index (χ0) is 32.5. The Morgan fingerprint density at radius 2 is 1.64 bits per heavy atom. The van der Waals surface area contributed by atoms with Crippen molar-refractivity contribution in [2.75, 3.05) is 11.9 Å². The molecule has 10 heteroatoms. The minimum absolute atomic E-state index is 0.0450. The van der Waals surface area contributed by atoms with Gasteiger partial charge in [-0.05, 0) is 99.9 Å². The fourth-order valence-electron chi connectivity index (χ4n) is 6.46. The molecule has 244 valence electrons. The van der Waals surface area contributed by atoms with Crippen LogP contribution in [0.2, 0.25) is 25.7 Å². The van der Waals surface area contributed by atoms with E-state index in [1.54, 1.807) is 16.9 Å². The van der Waals surface area contributed by atoms with E-state index in [0.29, 0.717) is 29.9 Å². The molecule has 2 fully saturated rings. The number of carbonyl (C=O) groups is 2. The predicted molar refractivity (Wildman–Crippen MR) is 182 cm³/mol. The van der Waals surface area contributed by atoms with Gasteiger partial charge < -0.3 is 15.4 Å². The highest BCUT2D eigenvalue weighted by atomic mass is 28.3. The lowest BCUT2D eigenvalue weighted by Crippen LogP contribution is -2.50. The minimum Gasteiger partial charge on any atom is -0.360 e. The summed E-state index contributed by atoms with van der Waals surface area (Å²) in [7, 11) is -1.16. The molecule has 1 unspecified atom stereocenters. The number of amides is 2. The van der Waals surface area contributed by atoms with Crippen LogP contribution in [-0.4, -0.2) is 52.1 Å². The third-order valence-corrected chi connectivity index (χ3v) is 10.7. The summed E-state index contributed by atoms with van der Waals surface area (Å²) in [6.07, 6.45) is 6.12. The van der Waals surface area contributed by atoms with E-state index in [1.807, 2.05) is 37.6 Å². The molecule has 9 nitrogen and oxygen atoms in total. The molecule has 1 atom stereocenters. The molecular weight excluding hydrogens is 581 g/mol. The summed E-state index contributed by atoms with van der Waals surface area (Å²) in [5, 5.41) is 15.5. The first kappa shape index (κ1) is 33.1. The van der Waals surface area contributed by atoms with Crippen molar-refractivity contribution in [2.24, 2.45) is 17.8 Å². The summed E-state index contributed by atoms with van der Waals surface area (Å²) >= 11 is 0. The Bertz CT molecular complexity index is 1470. The van der Waals surface area contributed by atoms with Crippen molar-refractivity contribution in [3.8, 4) is 11.1 Å². The van der Waals surface area contributed by atoms with Crippen LogP contribution < -0.4 is 10.6 Å². The molecule has 5 rings (SSSR count). The highest BCUT2D eigenvalue weighted by Crippen LogP contribution is 2.51. The van der Waals surface area contributed by atoms with Gasteiger partial charge in [0.05, 0.1) is 11.4 Å². The molecule has 0 aliphatic heterocycles. The van der Waals surface area contributed by atoms with Gasteiger partial charge in [-0.25, -0.2) is 4.68 Å². The highest BCUT2D eigenvalue weighted by Gasteiger charge is 2.48. The quantitative estimate of drug-likeness (QED) is 0.136. The standard InChI is InChI=1S/C35H52N6O3Si/c1-22(2)33-30(24(5)39-40(33)21-44-19-20-45(6,7)8)25-13-15-28(16-14-25)37-35(43)32(31(26-9-10-26)27-11-12-27)38-34(42)29-17-18-36-41(29)23(3)4/h13-18,22-23,26-27,31-32H,9-12,19-21H2,1-8H3,(H,37,43)(H,38,42). The average Bonchev–Trinajstić information content (AvgIpc) is 3.90. The van der Waals surface area contributed by atoms with Gasteiger partial charge >= 0.3 is 0 Å². The molecule has 1 aromatic carbocycles. The van der Waals surface area contributed by atoms with Crippen LogP contribution in [0.3, 0.4) is 0 Å². The fourth-order valence-corrected chi connectivity index (χ4v) is 7.22. The maximum absolute atomic E-state index is 13.9. The van der Waals surface area contributed by atoms with Crippen molar-refractivity contribution < 1.29 is 14.3 Å². The summed E-state index contributed by atoms with van der Waals surface area (Å²) in [5.41, 5.74) is 5.48. The Labute approximate surface area is 269 Å². The van der Waals surface area contributed by atoms with Crippen molar-refractivity contribution in [1.82, 2.24) is 24.9 Å². The van der Waals surface area contributed by atoms with E-state index in [2.05, 4.69) is 61.4 Å². The Kier molecular flexibility index (Phi) is 10.0. The fraction of sp³-hybridized carbons (Fsp3) is 0.600. The summed E-state index contributed by atoms with van der Waals surface area (Å²) < 4.78 is 9.77.